The number of hydrogen-bond donors (Lipinski definition) is 0. The van der Waals surface area contributed by atoms with Crippen LogP contribution in [0.15, 0.2) is 42.6 Å². The number of nitrogens with zero attached hydrogens (tertiary/aromatic N) is 4. The molecule has 0 saturated carbocycles. The minimum atomic E-state index is -0.377. The molecule has 0 N–H and O–H groups in total. The molecule has 0 radical (unpaired) electrons. The zero-order chi connectivity index (χ0) is 21.5. The first-order valence-corrected chi connectivity index (χ1v) is 11.2. The maximum Gasteiger partial charge on any atom is 0.329 e. The van der Waals surface area contributed by atoms with E-state index in [9.17, 15) is 14.4 Å². The largest absolute Gasteiger partial charge is 0.341 e. The van der Waals surface area contributed by atoms with E-state index in [1.54, 1.807) is 9.47 Å². The van der Waals surface area contributed by atoms with Crippen molar-refractivity contribution in [2.75, 3.05) is 19.6 Å². The van der Waals surface area contributed by atoms with Crippen LogP contribution in [0.3, 0.4) is 0 Å². The van der Waals surface area contributed by atoms with E-state index in [4.69, 9.17) is 0 Å². The highest BCUT2D eigenvalue weighted by Crippen LogP contribution is 2.28. The average Bonchev–Trinajstić information content (AvgIpc) is 3.51. The predicted octanol–water partition coefficient (Wildman–Crippen LogP) is 2.88. The summed E-state index contributed by atoms with van der Waals surface area (Å²) in [6, 6.07) is 11.3. The Hall–Kier alpha value is -3.09. The summed E-state index contributed by atoms with van der Waals surface area (Å²) in [5.41, 5.74) is 2.64. The zero-order valence-corrected chi connectivity index (χ0v) is 17.9. The van der Waals surface area contributed by atoms with Crippen LogP contribution in [-0.2, 0) is 11.3 Å². The number of aryl methyl sites for hydroxylation is 1. The molecule has 2 saturated heterocycles. The first-order chi connectivity index (χ1) is 15.0. The molecule has 7 nitrogen and oxygen atoms in total. The van der Waals surface area contributed by atoms with Crippen molar-refractivity contribution in [2.24, 2.45) is 0 Å². The van der Waals surface area contributed by atoms with Gasteiger partial charge in [-0.3, -0.25) is 14.2 Å². The lowest BCUT2D eigenvalue weighted by atomic mass is 10.0. The van der Waals surface area contributed by atoms with E-state index in [0.717, 1.165) is 36.9 Å². The van der Waals surface area contributed by atoms with Gasteiger partial charge in [-0.25, -0.2) is 4.79 Å². The van der Waals surface area contributed by atoms with Gasteiger partial charge in [-0.05, 0) is 56.4 Å². The maximum atomic E-state index is 13.3. The van der Waals surface area contributed by atoms with Gasteiger partial charge in [0.05, 0.1) is 6.54 Å². The molecular weight excluding hydrogens is 392 g/mol. The minimum Gasteiger partial charge on any atom is -0.341 e. The molecule has 1 aromatic carbocycles. The number of fused-ring (bicyclic) bond motifs is 1. The Kier molecular flexibility index (Phi) is 5.04. The highest BCUT2D eigenvalue weighted by molar-refractivity contribution is 5.99. The molecule has 2 fully saturated rings. The standard InChI is InChI=1S/C24H28N4O3/c1-17-6-2-3-8-20(17)22(29)27-13-5-9-21(27)23(30)25-14-10-18(11-15-25)28-16-19-7-4-12-26(19)24(28)31/h2-4,6-8,12,18,21H,5,9-11,13-16H2,1H3. The summed E-state index contributed by atoms with van der Waals surface area (Å²) in [7, 11) is 0. The number of hydrogen-bond acceptors (Lipinski definition) is 3. The van der Waals surface area contributed by atoms with Gasteiger partial charge >= 0.3 is 6.03 Å². The molecule has 1 unspecified atom stereocenters. The summed E-state index contributed by atoms with van der Waals surface area (Å²) in [5, 5.41) is 0. The fourth-order valence-electron chi connectivity index (χ4n) is 5.24. The van der Waals surface area contributed by atoms with Crippen molar-refractivity contribution in [3.05, 3.63) is 59.4 Å². The van der Waals surface area contributed by atoms with Gasteiger partial charge in [0.2, 0.25) is 5.91 Å². The van der Waals surface area contributed by atoms with Gasteiger partial charge in [-0.15, -0.1) is 0 Å². The van der Waals surface area contributed by atoms with Gasteiger partial charge in [-0.1, -0.05) is 18.2 Å². The summed E-state index contributed by atoms with van der Waals surface area (Å²) in [5.74, 6) is 0.00492. The third-order valence-electron chi connectivity index (χ3n) is 7.01. The topological polar surface area (TPSA) is 65.9 Å². The van der Waals surface area contributed by atoms with E-state index >= 15 is 0 Å². The maximum absolute atomic E-state index is 13.3. The average molecular weight is 421 g/mol. The smallest absolute Gasteiger partial charge is 0.329 e. The van der Waals surface area contributed by atoms with Crippen LogP contribution in [0.4, 0.5) is 4.79 Å². The van der Waals surface area contributed by atoms with E-state index < -0.39 is 0 Å². The highest BCUT2D eigenvalue weighted by atomic mass is 16.2. The summed E-state index contributed by atoms with van der Waals surface area (Å²) < 4.78 is 1.71. The molecule has 0 bridgehead atoms. The summed E-state index contributed by atoms with van der Waals surface area (Å²) in [6.45, 7) is 4.46. The summed E-state index contributed by atoms with van der Waals surface area (Å²) in [4.78, 5) is 44.6. The van der Waals surface area contributed by atoms with Crippen LogP contribution in [0.1, 0.15) is 47.3 Å². The van der Waals surface area contributed by atoms with Crippen LogP contribution in [0.25, 0.3) is 0 Å². The fourth-order valence-corrected chi connectivity index (χ4v) is 5.24. The predicted molar refractivity (Wildman–Crippen MR) is 116 cm³/mol. The van der Waals surface area contributed by atoms with E-state index in [0.29, 0.717) is 31.7 Å². The van der Waals surface area contributed by atoms with E-state index in [-0.39, 0.29) is 29.9 Å². The second-order valence-electron chi connectivity index (χ2n) is 8.81. The number of carbonyl (C=O) groups is 3. The number of likely N-dealkylation sites (tertiary alicyclic amines) is 2. The van der Waals surface area contributed by atoms with Crippen LogP contribution >= 0.6 is 0 Å². The molecule has 0 aliphatic carbocycles. The molecule has 7 heteroatoms. The third-order valence-corrected chi connectivity index (χ3v) is 7.01. The van der Waals surface area contributed by atoms with Gasteiger partial charge in [0, 0.05) is 43.1 Å². The zero-order valence-electron chi connectivity index (χ0n) is 17.9. The quantitative estimate of drug-likeness (QED) is 0.767. The molecule has 31 heavy (non-hydrogen) atoms. The van der Waals surface area contributed by atoms with Gasteiger partial charge in [0.25, 0.3) is 5.91 Å². The van der Waals surface area contributed by atoms with Crippen LogP contribution in [0, 0.1) is 6.92 Å². The van der Waals surface area contributed by atoms with Gasteiger partial charge in [0.15, 0.2) is 0 Å². The third kappa shape index (κ3) is 3.42. The normalized spacial score (nSPS) is 21.6. The van der Waals surface area contributed by atoms with Gasteiger partial charge in [0.1, 0.15) is 6.04 Å². The molecule has 0 spiro atoms. The van der Waals surface area contributed by atoms with Crippen molar-refractivity contribution < 1.29 is 14.4 Å². The lowest BCUT2D eigenvalue weighted by Crippen LogP contribution is -2.52. The molecule has 3 aliphatic heterocycles. The van der Waals surface area contributed by atoms with Crippen LogP contribution in [-0.4, -0.2) is 68.8 Å². The van der Waals surface area contributed by atoms with E-state index in [1.807, 2.05) is 59.3 Å². The number of rotatable bonds is 3. The van der Waals surface area contributed by atoms with E-state index in [2.05, 4.69) is 0 Å². The first-order valence-electron chi connectivity index (χ1n) is 11.2. The van der Waals surface area contributed by atoms with Crippen molar-refractivity contribution in [3.8, 4) is 0 Å². The van der Waals surface area contributed by atoms with Crippen LogP contribution in [0.5, 0.6) is 0 Å². The molecule has 1 aromatic heterocycles. The first kappa shape index (κ1) is 19.8. The Morgan fingerprint density at radius 2 is 1.74 bits per heavy atom. The number of benzene rings is 1. The Morgan fingerprint density at radius 3 is 2.48 bits per heavy atom. The van der Waals surface area contributed by atoms with Crippen molar-refractivity contribution in [3.63, 3.8) is 0 Å². The molecular formula is C24H28N4O3. The van der Waals surface area contributed by atoms with Crippen molar-refractivity contribution in [1.82, 2.24) is 19.3 Å². The summed E-state index contributed by atoms with van der Waals surface area (Å²) >= 11 is 0. The molecule has 1 atom stereocenters. The lowest BCUT2D eigenvalue weighted by molar-refractivity contribution is -0.136. The SMILES string of the molecule is Cc1ccccc1C(=O)N1CCCC1C(=O)N1CCC(N2Cc3cccn3C2=O)CC1. The second kappa shape index (κ2) is 7.87. The van der Waals surface area contributed by atoms with Crippen molar-refractivity contribution in [2.45, 2.75) is 51.2 Å². The molecule has 3 amide bonds. The fraction of sp³-hybridized carbons (Fsp3) is 0.458. The number of carbonyl (C=O) groups excluding carboxylic acids is 3. The molecule has 2 aromatic rings. The Labute approximate surface area is 182 Å². The minimum absolute atomic E-state index is 0.0376. The van der Waals surface area contributed by atoms with E-state index in [1.165, 1.54) is 0 Å². The van der Waals surface area contributed by atoms with Gasteiger partial charge < -0.3 is 14.7 Å². The Bertz CT molecular complexity index is 1020. The number of aromatic nitrogens is 1. The van der Waals surface area contributed by atoms with Gasteiger partial charge in [-0.2, -0.15) is 0 Å². The molecule has 5 rings (SSSR count). The Balaban J connectivity index is 1.22. The highest BCUT2D eigenvalue weighted by Gasteiger charge is 2.40. The van der Waals surface area contributed by atoms with Crippen molar-refractivity contribution in [1.29, 1.82) is 0 Å². The van der Waals surface area contributed by atoms with Crippen molar-refractivity contribution >= 4 is 17.8 Å². The number of piperidine rings is 1. The monoisotopic (exact) mass is 420 g/mol. The lowest BCUT2D eigenvalue weighted by Gasteiger charge is -2.38. The summed E-state index contributed by atoms with van der Waals surface area (Å²) in [6.07, 6.45) is 4.94. The molecule has 3 aliphatic rings. The van der Waals surface area contributed by atoms with Crippen LogP contribution in [0.2, 0.25) is 0 Å². The molecule has 162 valence electrons. The number of amides is 3. The van der Waals surface area contributed by atoms with Crippen LogP contribution < -0.4 is 0 Å². The second-order valence-corrected chi connectivity index (χ2v) is 8.81. The molecule has 4 heterocycles. The Morgan fingerprint density at radius 1 is 0.968 bits per heavy atom.